The minimum absolute atomic E-state index is 0.0719. The Hall–Kier alpha value is -2.59. The number of ether oxygens (including phenoxy) is 1. The highest BCUT2D eigenvalue weighted by Crippen LogP contribution is 2.17. The average molecular weight is 360 g/mol. The van der Waals surface area contributed by atoms with Gasteiger partial charge in [0.2, 0.25) is 5.91 Å². The average Bonchev–Trinajstić information content (AvgIpc) is 2.66. The van der Waals surface area contributed by atoms with Crippen LogP contribution in [0.1, 0.15) is 30.6 Å². The van der Waals surface area contributed by atoms with Gasteiger partial charge in [0.05, 0.1) is 19.3 Å². The molecule has 2 N–H and O–H groups in total. The van der Waals surface area contributed by atoms with E-state index >= 15 is 0 Å². The number of nitrogens with one attached hydrogen (secondary N) is 2. The van der Waals surface area contributed by atoms with E-state index in [1.807, 2.05) is 32.0 Å². The topological polar surface area (TPSA) is 94.5 Å². The SMILES string of the molecule is CC(C)C[C@H](NC(=O)c1ccc(N2CCOCC2)cc1)C(=O)NC[14C]#N. The van der Waals surface area contributed by atoms with Gasteiger partial charge in [-0.05, 0) is 36.6 Å². The first-order valence-corrected chi connectivity index (χ1v) is 8.89. The van der Waals surface area contributed by atoms with E-state index < -0.39 is 6.04 Å². The summed E-state index contributed by atoms with van der Waals surface area (Å²) < 4.78 is 5.35. The Morgan fingerprint density at radius 1 is 1.23 bits per heavy atom. The van der Waals surface area contributed by atoms with E-state index in [9.17, 15) is 9.59 Å². The van der Waals surface area contributed by atoms with Gasteiger partial charge in [0.25, 0.3) is 5.91 Å². The third-order valence-electron chi connectivity index (χ3n) is 4.18. The second-order valence-corrected chi connectivity index (χ2v) is 6.68. The van der Waals surface area contributed by atoms with Crippen LogP contribution in [0.15, 0.2) is 24.3 Å². The van der Waals surface area contributed by atoms with Gasteiger partial charge in [-0.2, -0.15) is 5.26 Å². The highest BCUT2D eigenvalue weighted by molar-refractivity contribution is 5.97. The molecule has 0 spiro atoms. The summed E-state index contributed by atoms with van der Waals surface area (Å²) in [5.74, 6) is -0.397. The quantitative estimate of drug-likeness (QED) is 0.715. The van der Waals surface area contributed by atoms with Crippen molar-refractivity contribution in [1.29, 1.82) is 5.26 Å². The van der Waals surface area contributed by atoms with Crippen LogP contribution in [0.3, 0.4) is 0 Å². The van der Waals surface area contributed by atoms with Gasteiger partial charge < -0.3 is 20.3 Å². The molecule has 7 nitrogen and oxygen atoms in total. The van der Waals surface area contributed by atoms with Gasteiger partial charge >= 0.3 is 0 Å². The molecule has 1 fully saturated rings. The van der Waals surface area contributed by atoms with E-state index in [2.05, 4.69) is 15.5 Å². The van der Waals surface area contributed by atoms with Gasteiger partial charge in [0.1, 0.15) is 12.6 Å². The standard InChI is InChI=1S/C19H26N4O3/c1-14(2)13-17(19(25)21-8-7-20)22-18(24)15-3-5-16(6-4-15)23-9-11-26-12-10-23/h3-6,14,17H,8-13H2,1-2H3,(H,21,25)(H,22,24)/t17-/m0/s1/i7+2. The van der Waals surface area contributed by atoms with Crippen molar-refractivity contribution in [2.75, 3.05) is 37.7 Å². The predicted molar refractivity (Wildman–Crippen MR) is 98.8 cm³/mol. The maximum Gasteiger partial charge on any atom is 0.251 e. The fourth-order valence-electron chi connectivity index (χ4n) is 2.84. The van der Waals surface area contributed by atoms with E-state index in [0.717, 1.165) is 18.8 Å². The molecule has 1 aliphatic rings. The number of benzene rings is 1. The minimum atomic E-state index is -0.658. The highest BCUT2D eigenvalue weighted by atomic mass is 16.5. The van der Waals surface area contributed by atoms with Crippen LogP contribution in [0.2, 0.25) is 0 Å². The minimum Gasteiger partial charge on any atom is -0.378 e. The van der Waals surface area contributed by atoms with Crippen molar-refractivity contribution in [3.05, 3.63) is 29.8 Å². The number of hydrogen-bond donors (Lipinski definition) is 2. The van der Waals surface area contributed by atoms with Crippen LogP contribution in [0.5, 0.6) is 0 Å². The summed E-state index contributed by atoms with van der Waals surface area (Å²) in [5.41, 5.74) is 1.55. The van der Waals surface area contributed by atoms with Crippen LogP contribution >= 0.6 is 0 Å². The maximum atomic E-state index is 12.5. The summed E-state index contributed by atoms with van der Waals surface area (Å²) >= 11 is 0. The fraction of sp³-hybridized carbons (Fsp3) is 0.526. The molecule has 0 radical (unpaired) electrons. The van der Waals surface area contributed by atoms with Crippen LogP contribution in [-0.4, -0.2) is 50.7 Å². The Morgan fingerprint density at radius 3 is 2.46 bits per heavy atom. The summed E-state index contributed by atoms with van der Waals surface area (Å²) in [4.78, 5) is 26.9. The number of amides is 2. The van der Waals surface area contributed by atoms with Crippen molar-refractivity contribution in [3.8, 4) is 6.07 Å². The second-order valence-electron chi connectivity index (χ2n) is 6.68. The smallest absolute Gasteiger partial charge is 0.251 e. The highest BCUT2D eigenvalue weighted by Gasteiger charge is 2.22. The fourth-order valence-corrected chi connectivity index (χ4v) is 2.84. The number of nitriles is 1. The number of morpholine rings is 1. The van der Waals surface area contributed by atoms with Gasteiger partial charge in [0.15, 0.2) is 0 Å². The van der Waals surface area contributed by atoms with Crippen molar-refractivity contribution in [2.24, 2.45) is 5.92 Å². The van der Waals surface area contributed by atoms with Crippen molar-refractivity contribution >= 4 is 17.5 Å². The molecule has 140 valence electrons. The summed E-state index contributed by atoms with van der Waals surface area (Å²) in [6, 6.07) is 8.56. The number of carbonyl (C=O) groups excluding carboxylic acids is 2. The second kappa shape index (κ2) is 9.78. The molecule has 1 heterocycles. The van der Waals surface area contributed by atoms with Crippen molar-refractivity contribution < 1.29 is 14.3 Å². The van der Waals surface area contributed by atoms with Crippen LogP contribution < -0.4 is 15.5 Å². The molecule has 26 heavy (non-hydrogen) atoms. The molecule has 2 rings (SSSR count). The van der Waals surface area contributed by atoms with Gasteiger partial charge in [-0.25, -0.2) is 0 Å². The molecule has 0 aliphatic carbocycles. The van der Waals surface area contributed by atoms with E-state index in [-0.39, 0.29) is 24.3 Å². The third-order valence-corrected chi connectivity index (χ3v) is 4.18. The zero-order valence-corrected chi connectivity index (χ0v) is 15.3. The maximum absolute atomic E-state index is 12.5. The van der Waals surface area contributed by atoms with E-state index in [4.69, 9.17) is 10.00 Å². The Bertz CT molecular complexity index is 646. The van der Waals surface area contributed by atoms with Crippen LogP contribution in [0, 0.1) is 17.2 Å². The summed E-state index contributed by atoms with van der Waals surface area (Å²) in [6.07, 6.45) is 0.509. The number of anilines is 1. The zero-order chi connectivity index (χ0) is 18.9. The zero-order valence-electron chi connectivity index (χ0n) is 15.3. The lowest BCUT2D eigenvalue weighted by Gasteiger charge is -2.29. The number of carbonyl (C=O) groups is 2. The first kappa shape index (κ1) is 19.7. The molecular weight excluding hydrogens is 334 g/mol. The van der Waals surface area contributed by atoms with Gasteiger partial charge in [-0.1, -0.05) is 13.8 Å². The van der Waals surface area contributed by atoms with Gasteiger partial charge in [-0.3, -0.25) is 9.59 Å². The molecule has 1 saturated heterocycles. The van der Waals surface area contributed by atoms with Crippen LogP contribution in [0.25, 0.3) is 0 Å². The molecule has 0 saturated carbocycles. The Balaban J connectivity index is 2.01. The molecule has 0 aromatic heterocycles. The molecule has 0 bridgehead atoms. The van der Waals surface area contributed by atoms with Crippen LogP contribution in [0.4, 0.5) is 5.69 Å². The molecule has 0 unspecified atom stereocenters. The monoisotopic (exact) mass is 360 g/mol. The van der Waals surface area contributed by atoms with Crippen LogP contribution in [-0.2, 0) is 9.53 Å². The summed E-state index contributed by atoms with van der Waals surface area (Å²) in [5, 5.41) is 13.9. The lowest BCUT2D eigenvalue weighted by Crippen LogP contribution is -2.47. The normalized spacial score (nSPS) is 15.2. The Morgan fingerprint density at radius 2 is 1.88 bits per heavy atom. The van der Waals surface area contributed by atoms with Gasteiger partial charge in [-0.15, -0.1) is 0 Å². The summed E-state index contributed by atoms with van der Waals surface area (Å²) in [6.45, 7) is 6.97. The number of hydrogen-bond acceptors (Lipinski definition) is 5. The van der Waals surface area contributed by atoms with Gasteiger partial charge in [0, 0.05) is 24.3 Å². The van der Waals surface area contributed by atoms with E-state index in [1.54, 1.807) is 12.1 Å². The first-order chi connectivity index (χ1) is 12.5. The number of nitrogens with zero attached hydrogens (tertiary/aromatic N) is 2. The molecule has 2 amide bonds. The first-order valence-electron chi connectivity index (χ1n) is 8.89. The molecular formula is C19H26N4O3. The van der Waals surface area contributed by atoms with Crippen molar-refractivity contribution in [3.63, 3.8) is 0 Å². The number of rotatable bonds is 7. The summed E-state index contributed by atoms with van der Waals surface area (Å²) in [7, 11) is 0. The van der Waals surface area contributed by atoms with E-state index in [0.29, 0.717) is 25.2 Å². The van der Waals surface area contributed by atoms with E-state index in [1.165, 1.54) is 0 Å². The molecule has 1 aromatic rings. The largest absolute Gasteiger partial charge is 0.378 e. The third kappa shape index (κ3) is 5.74. The Kier molecular flexibility index (Phi) is 7.42. The Labute approximate surface area is 154 Å². The lowest BCUT2D eigenvalue weighted by atomic mass is 10.0. The molecule has 1 atom stereocenters. The van der Waals surface area contributed by atoms with Crippen molar-refractivity contribution in [2.45, 2.75) is 26.3 Å². The lowest BCUT2D eigenvalue weighted by molar-refractivity contribution is -0.123. The molecule has 7 heteroatoms. The molecule has 1 aromatic carbocycles. The van der Waals surface area contributed by atoms with Crippen molar-refractivity contribution in [1.82, 2.24) is 10.6 Å². The molecule has 1 aliphatic heterocycles. The predicted octanol–water partition coefficient (Wildman–Crippen LogP) is 1.31.